The van der Waals surface area contributed by atoms with E-state index in [2.05, 4.69) is 13.8 Å². The van der Waals surface area contributed by atoms with Gasteiger partial charge in [-0.1, -0.05) is 121 Å². The van der Waals surface area contributed by atoms with Crippen molar-refractivity contribution in [2.24, 2.45) is 0 Å². The molecule has 35 heavy (non-hydrogen) atoms. The van der Waals surface area contributed by atoms with Gasteiger partial charge in [0.05, 0.1) is 0 Å². The molecule has 2 rings (SSSR count). The number of rotatable bonds is 22. The quantitative estimate of drug-likeness (QED) is 0.0911. The maximum atomic E-state index is 6.34. The molecule has 1 atom stereocenters. The minimum Gasteiger partial charge on any atom is -0.418 e. The van der Waals surface area contributed by atoms with Crippen LogP contribution in [0.3, 0.4) is 0 Å². The molecule has 0 spiro atoms. The molecular weight excluding hydrogens is 455 g/mol. The fourth-order valence-corrected chi connectivity index (χ4v) is 4.89. The largest absolute Gasteiger partial charge is 0.465 e. The predicted octanol–water partition coefficient (Wildman–Crippen LogP) is 10.2. The summed E-state index contributed by atoms with van der Waals surface area (Å²) in [5.41, 5.74) is 0. The fourth-order valence-electron chi connectivity index (χ4n) is 3.82. The smallest absolute Gasteiger partial charge is 0.418 e. The maximum absolute atomic E-state index is 6.34. The zero-order valence-corrected chi connectivity index (χ0v) is 22.9. The number of hydrogen-bond acceptors (Lipinski definition) is 4. The minimum atomic E-state index is -1.64. The van der Waals surface area contributed by atoms with E-state index in [1.807, 2.05) is 60.7 Å². The van der Waals surface area contributed by atoms with E-state index < -0.39 is 8.60 Å². The summed E-state index contributed by atoms with van der Waals surface area (Å²) < 4.78 is 24.8. The monoisotopic (exact) mass is 502 g/mol. The Bertz CT molecular complexity index is 671. The minimum absolute atomic E-state index is 0.320. The number of ether oxygens (including phenoxy) is 1. The Morgan fingerprint density at radius 3 is 1.54 bits per heavy atom. The van der Waals surface area contributed by atoms with Crippen LogP contribution in [-0.4, -0.2) is 12.9 Å². The summed E-state index contributed by atoms with van der Waals surface area (Å²) >= 11 is 0. The van der Waals surface area contributed by atoms with Crippen molar-refractivity contribution < 1.29 is 18.3 Å². The molecule has 0 bridgehead atoms. The first-order valence-corrected chi connectivity index (χ1v) is 15.0. The van der Waals surface area contributed by atoms with Gasteiger partial charge in [0.1, 0.15) is 11.5 Å². The average Bonchev–Trinajstić information content (AvgIpc) is 2.88. The molecule has 0 aliphatic carbocycles. The highest BCUT2D eigenvalue weighted by atomic mass is 31.2. The van der Waals surface area contributed by atoms with Crippen LogP contribution in [0.1, 0.15) is 104 Å². The zero-order valence-electron chi connectivity index (χ0n) is 22.0. The molecular formula is C30H47O4P. The van der Waals surface area contributed by atoms with E-state index in [4.69, 9.17) is 18.3 Å². The molecule has 0 heterocycles. The van der Waals surface area contributed by atoms with Gasteiger partial charge in [-0.15, -0.1) is 0 Å². The van der Waals surface area contributed by atoms with E-state index in [1.54, 1.807) is 0 Å². The lowest BCUT2D eigenvalue weighted by Gasteiger charge is -2.24. The van der Waals surface area contributed by atoms with Crippen molar-refractivity contribution in [2.45, 2.75) is 110 Å². The highest BCUT2D eigenvalue weighted by Gasteiger charge is 2.24. The van der Waals surface area contributed by atoms with Crippen LogP contribution < -0.4 is 9.05 Å². The summed E-state index contributed by atoms with van der Waals surface area (Å²) in [7, 11) is -1.64. The summed E-state index contributed by atoms with van der Waals surface area (Å²) in [5, 5.41) is 0. The lowest BCUT2D eigenvalue weighted by molar-refractivity contribution is -0.0896. The van der Waals surface area contributed by atoms with Crippen LogP contribution in [-0.2, 0) is 9.26 Å². The Morgan fingerprint density at radius 2 is 1.03 bits per heavy atom. The molecule has 0 amide bonds. The van der Waals surface area contributed by atoms with Crippen molar-refractivity contribution in [2.75, 3.05) is 6.61 Å². The summed E-state index contributed by atoms with van der Waals surface area (Å²) in [4.78, 5) is 0. The Balaban J connectivity index is 1.89. The van der Waals surface area contributed by atoms with Crippen LogP contribution in [0.15, 0.2) is 60.7 Å². The van der Waals surface area contributed by atoms with Gasteiger partial charge in [0.25, 0.3) is 0 Å². The van der Waals surface area contributed by atoms with E-state index in [0.29, 0.717) is 6.61 Å². The Morgan fingerprint density at radius 1 is 0.571 bits per heavy atom. The molecule has 5 heteroatoms. The van der Waals surface area contributed by atoms with E-state index in [0.717, 1.165) is 30.8 Å². The Labute approximate surface area is 215 Å². The molecule has 0 fully saturated rings. The number of unbranched alkanes of at least 4 members (excludes halogenated alkanes) is 11. The van der Waals surface area contributed by atoms with Gasteiger partial charge >= 0.3 is 8.60 Å². The van der Waals surface area contributed by atoms with Crippen LogP contribution in [0, 0.1) is 0 Å². The molecule has 0 aliphatic heterocycles. The molecule has 2 aromatic carbocycles. The van der Waals surface area contributed by atoms with Gasteiger partial charge in [0, 0.05) is 6.61 Å². The second-order valence-electron chi connectivity index (χ2n) is 9.12. The Hall–Kier alpha value is -1.61. The van der Waals surface area contributed by atoms with Crippen LogP contribution in [0.5, 0.6) is 11.5 Å². The van der Waals surface area contributed by atoms with Gasteiger partial charge in [0.2, 0.25) is 0 Å². The van der Waals surface area contributed by atoms with Crippen molar-refractivity contribution >= 4 is 8.60 Å². The van der Waals surface area contributed by atoms with Crippen molar-refractivity contribution in [3.05, 3.63) is 60.7 Å². The average molecular weight is 503 g/mol. The predicted molar refractivity (Wildman–Crippen MR) is 148 cm³/mol. The van der Waals surface area contributed by atoms with E-state index in [1.165, 1.54) is 70.6 Å². The summed E-state index contributed by atoms with van der Waals surface area (Å²) in [6, 6.07) is 19.5. The first kappa shape index (κ1) is 29.6. The normalized spacial score (nSPS) is 12.1. The van der Waals surface area contributed by atoms with Crippen LogP contribution in [0.2, 0.25) is 0 Å². The molecule has 2 aromatic rings. The summed E-state index contributed by atoms with van der Waals surface area (Å²) in [6.45, 7) is 5.23. The summed E-state index contributed by atoms with van der Waals surface area (Å²) in [6.07, 6.45) is 16.9. The van der Waals surface area contributed by atoms with Gasteiger partial charge in [0.15, 0.2) is 6.29 Å². The Kier molecular flexibility index (Phi) is 17.4. The lowest BCUT2D eigenvalue weighted by atomic mass is 10.1. The molecule has 196 valence electrons. The topological polar surface area (TPSA) is 36.9 Å². The summed E-state index contributed by atoms with van der Waals surface area (Å²) in [5.74, 6) is 1.47. The van der Waals surface area contributed by atoms with Crippen molar-refractivity contribution in [3.63, 3.8) is 0 Å². The molecule has 0 radical (unpaired) electrons. The molecule has 4 nitrogen and oxygen atoms in total. The van der Waals surface area contributed by atoms with Gasteiger partial charge in [-0.25, -0.2) is 0 Å². The van der Waals surface area contributed by atoms with Crippen molar-refractivity contribution in [1.29, 1.82) is 0 Å². The van der Waals surface area contributed by atoms with Gasteiger partial charge in [-0.3, -0.25) is 4.52 Å². The van der Waals surface area contributed by atoms with Crippen LogP contribution in [0.25, 0.3) is 0 Å². The van der Waals surface area contributed by atoms with E-state index in [-0.39, 0.29) is 6.29 Å². The highest BCUT2D eigenvalue weighted by molar-refractivity contribution is 7.42. The third-order valence-corrected chi connectivity index (χ3v) is 7.02. The van der Waals surface area contributed by atoms with Gasteiger partial charge < -0.3 is 13.8 Å². The SMILES string of the molecule is CCCCCCCCCOC(CCCCCCCC)OP(Oc1ccccc1)Oc1ccccc1. The van der Waals surface area contributed by atoms with E-state index >= 15 is 0 Å². The first-order chi connectivity index (χ1) is 17.3. The third-order valence-electron chi connectivity index (χ3n) is 5.89. The molecule has 0 saturated carbocycles. The lowest BCUT2D eigenvalue weighted by Crippen LogP contribution is -2.18. The molecule has 0 saturated heterocycles. The second kappa shape index (κ2) is 20.6. The molecule has 0 aliphatic rings. The van der Waals surface area contributed by atoms with E-state index in [9.17, 15) is 0 Å². The van der Waals surface area contributed by atoms with Gasteiger partial charge in [-0.05, 0) is 43.5 Å². The molecule has 0 N–H and O–H groups in total. The zero-order chi connectivity index (χ0) is 24.8. The number of para-hydroxylation sites is 2. The molecule has 1 unspecified atom stereocenters. The maximum Gasteiger partial charge on any atom is 0.465 e. The highest BCUT2D eigenvalue weighted by Crippen LogP contribution is 2.43. The van der Waals surface area contributed by atoms with Crippen molar-refractivity contribution in [1.82, 2.24) is 0 Å². The number of benzene rings is 2. The van der Waals surface area contributed by atoms with Gasteiger partial charge in [-0.2, -0.15) is 0 Å². The molecule has 0 aromatic heterocycles. The number of hydrogen-bond donors (Lipinski definition) is 0. The second-order valence-corrected chi connectivity index (χ2v) is 10.1. The standard InChI is InChI=1S/C30H47O4P/c1-3-5-7-9-11-13-21-27-31-30(26-20-12-10-8-6-4-2)34-35(32-28-22-16-14-17-23-28)33-29-24-18-15-19-25-29/h14-19,22-25,30H,3-13,20-21,26-27H2,1-2H3. The van der Waals surface area contributed by atoms with Crippen molar-refractivity contribution in [3.8, 4) is 11.5 Å². The van der Waals surface area contributed by atoms with Crippen LogP contribution >= 0.6 is 8.60 Å². The fraction of sp³-hybridized carbons (Fsp3) is 0.600. The van der Waals surface area contributed by atoms with Crippen LogP contribution in [0.4, 0.5) is 0 Å². The first-order valence-electron chi connectivity index (χ1n) is 13.9. The third kappa shape index (κ3) is 15.2.